The van der Waals surface area contributed by atoms with E-state index in [-0.39, 0.29) is 12.1 Å². The molecule has 2 aromatic rings. The fourth-order valence-corrected chi connectivity index (χ4v) is 2.90. The number of anilines is 1. The Labute approximate surface area is 129 Å². The SMILES string of the molecule is C[C@@H]1CCCC[C@@H]1NC(=O)Nc1cccc(-c2nnco2)c1. The highest BCUT2D eigenvalue weighted by Gasteiger charge is 2.22. The van der Waals surface area contributed by atoms with Crippen LogP contribution in [0.25, 0.3) is 11.5 Å². The van der Waals surface area contributed by atoms with Gasteiger partial charge in [0, 0.05) is 17.3 Å². The van der Waals surface area contributed by atoms with Crippen molar-refractivity contribution in [3.8, 4) is 11.5 Å². The van der Waals surface area contributed by atoms with Crippen LogP contribution in [0.3, 0.4) is 0 Å². The number of urea groups is 1. The number of hydrogen-bond acceptors (Lipinski definition) is 4. The van der Waals surface area contributed by atoms with Crippen molar-refractivity contribution in [3.05, 3.63) is 30.7 Å². The van der Waals surface area contributed by atoms with Crippen LogP contribution >= 0.6 is 0 Å². The first-order chi connectivity index (χ1) is 10.7. The second kappa shape index (κ2) is 6.60. The highest BCUT2D eigenvalue weighted by atomic mass is 16.4. The normalized spacial score (nSPS) is 21.3. The summed E-state index contributed by atoms with van der Waals surface area (Å²) >= 11 is 0. The van der Waals surface area contributed by atoms with E-state index < -0.39 is 0 Å². The molecule has 1 heterocycles. The Balaban J connectivity index is 1.63. The van der Waals surface area contributed by atoms with Crippen LogP contribution in [0.1, 0.15) is 32.6 Å². The van der Waals surface area contributed by atoms with Gasteiger partial charge in [0.15, 0.2) is 0 Å². The first kappa shape index (κ1) is 14.6. The van der Waals surface area contributed by atoms with Crippen molar-refractivity contribution in [2.45, 2.75) is 38.6 Å². The second-order valence-electron chi connectivity index (χ2n) is 5.79. The summed E-state index contributed by atoms with van der Waals surface area (Å²) in [6, 6.07) is 7.45. The van der Waals surface area contributed by atoms with Crippen LogP contribution in [0, 0.1) is 5.92 Å². The van der Waals surface area contributed by atoms with E-state index in [4.69, 9.17) is 4.42 Å². The summed E-state index contributed by atoms with van der Waals surface area (Å²) in [7, 11) is 0. The number of carbonyl (C=O) groups is 1. The lowest BCUT2D eigenvalue weighted by Gasteiger charge is -2.29. The van der Waals surface area contributed by atoms with E-state index >= 15 is 0 Å². The van der Waals surface area contributed by atoms with Gasteiger partial charge in [0.2, 0.25) is 12.3 Å². The molecule has 116 valence electrons. The molecule has 6 nitrogen and oxygen atoms in total. The molecular formula is C16H20N4O2. The Bertz CT molecular complexity index is 627. The fraction of sp³-hybridized carbons (Fsp3) is 0.438. The maximum absolute atomic E-state index is 12.2. The monoisotopic (exact) mass is 300 g/mol. The van der Waals surface area contributed by atoms with Gasteiger partial charge in [-0.3, -0.25) is 0 Å². The maximum Gasteiger partial charge on any atom is 0.319 e. The minimum atomic E-state index is -0.165. The largest absolute Gasteiger partial charge is 0.423 e. The Kier molecular flexibility index (Phi) is 4.37. The Morgan fingerprint density at radius 3 is 2.95 bits per heavy atom. The third-order valence-electron chi connectivity index (χ3n) is 4.16. The van der Waals surface area contributed by atoms with E-state index in [0.29, 0.717) is 17.5 Å². The van der Waals surface area contributed by atoms with Gasteiger partial charge in [-0.15, -0.1) is 10.2 Å². The smallest absolute Gasteiger partial charge is 0.319 e. The first-order valence-corrected chi connectivity index (χ1v) is 7.66. The summed E-state index contributed by atoms with van der Waals surface area (Å²) in [4.78, 5) is 12.2. The summed E-state index contributed by atoms with van der Waals surface area (Å²) in [5.41, 5.74) is 1.48. The molecule has 0 saturated heterocycles. The van der Waals surface area contributed by atoms with Crippen molar-refractivity contribution in [3.63, 3.8) is 0 Å². The van der Waals surface area contributed by atoms with Crippen LogP contribution < -0.4 is 10.6 Å². The van der Waals surface area contributed by atoms with Gasteiger partial charge in [-0.1, -0.05) is 25.8 Å². The molecule has 0 spiro atoms. The van der Waals surface area contributed by atoms with Crippen molar-refractivity contribution in [1.82, 2.24) is 15.5 Å². The van der Waals surface area contributed by atoms with Gasteiger partial charge < -0.3 is 15.1 Å². The second-order valence-corrected chi connectivity index (χ2v) is 5.79. The third-order valence-corrected chi connectivity index (χ3v) is 4.16. The number of hydrogen-bond donors (Lipinski definition) is 2. The van der Waals surface area contributed by atoms with Gasteiger partial charge in [0.1, 0.15) is 0 Å². The molecule has 1 fully saturated rings. The van der Waals surface area contributed by atoms with Crippen molar-refractivity contribution in [2.24, 2.45) is 5.92 Å². The lowest BCUT2D eigenvalue weighted by Crippen LogP contribution is -2.43. The Morgan fingerprint density at radius 2 is 2.18 bits per heavy atom. The first-order valence-electron chi connectivity index (χ1n) is 7.66. The third kappa shape index (κ3) is 3.44. The molecule has 2 N–H and O–H groups in total. The molecule has 0 radical (unpaired) electrons. The summed E-state index contributed by atoms with van der Waals surface area (Å²) < 4.78 is 5.16. The van der Waals surface area contributed by atoms with Gasteiger partial charge in [-0.05, 0) is 37.0 Å². The van der Waals surface area contributed by atoms with Crippen molar-refractivity contribution in [1.29, 1.82) is 0 Å². The van der Waals surface area contributed by atoms with E-state index in [1.54, 1.807) is 0 Å². The van der Waals surface area contributed by atoms with E-state index in [1.165, 1.54) is 25.7 Å². The Morgan fingerprint density at radius 1 is 1.32 bits per heavy atom. The molecule has 3 rings (SSSR count). The zero-order chi connectivity index (χ0) is 15.4. The Hall–Kier alpha value is -2.37. The molecule has 0 unspecified atom stereocenters. The standard InChI is InChI=1S/C16H20N4O2/c1-11-5-2-3-8-14(11)19-16(21)18-13-7-4-6-12(9-13)15-20-17-10-22-15/h4,6-7,9-11,14H,2-3,5,8H2,1H3,(H2,18,19,21)/t11-,14+/m1/s1. The number of nitrogens with zero attached hydrogens (tertiary/aromatic N) is 2. The van der Waals surface area contributed by atoms with Gasteiger partial charge in [-0.25, -0.2) is 4.79 Å². The molecule has 22 heavy (non-hydrogen) atoms. The number of amides is 2. The molecule has 0 bridgehead atoms. The fourth-order valence-electron chi connectivity index (χ4n) is 2.90. The van der Waals surface area contributed by atoms with Gasteiger partial charge in [0.25, 0.3) is 0 Å². The van der Waals surface area contributed by atoms with Gasteiger partial charge in [0.05, 0.1) is 0 Å². The minimum absolute atomic E-state index is 0.165. The predicted molar refractivity (Wildman–Crippen MR) is 83.3 cm³/mol. The summed E-state index contributed by atoms with van der Waals surface area (Å²) in [5.74, 6) is 0.967. The average molecular weight is 300 g/mol. The summed E-state index contributed by atoms with van der Waals surface area (Å²) in [6.07, 6.45) is 5.95. The molecule has 0 aliphatic heterocycles. The van der Waals surface area contributed by atoms with Gasteiger partial charge >= 0.3 is 6.03 Å². The topological polar surface area (TPSA) is 80.0 Å². The molecule has 1 aromatic carbocycles. The van der Waals surface area contributed by atoms with Crippen LogP contribution in [0.4, 0.5) is 10.5 Å². The number of carbonyl (C=O) groups excluding carboxylic acids is 1. The highest BCUT2D eigenvalue weighted by molar-refractivity contribution is 5.90. The molecule has 6 heteroatoms. The zero-order valence-corrected chi connectivity index (χ0v) is 12.6. The van der Waals surface area contributed by atoms with E-state index in [9.17, 15) is 4.79 Å². The van der Waals surface area contributed by atoms with Crippen LogP contribution in [-0.4, -0.2) is 22.3 Å². The number of rotatable bonds is 3. The van der Waals surface area contributed by atoms with Crippen molar-refractivity contribution in [2.75, 3.05) is 5.32 Å². The highest BCUT2D eigenvalue weighted by Crippen LogP contribution is 2.24. The van der Waals surface area contributed by atoms with E-state index in [2.05, 4.69) is 27.8 Å². The molecule has 1 aliphatic carbocycles. The average Bonchev–Trinajstić information content (AvgIpc) is 3.04. The predicted octanol–water partition coefficient (Wildman–Crippen LogP) is 3.44. The van der Waals surface area contributed by atoms with Gasteiger partial charge in [-0.2, -0.15) is 0 Å². The summed E-state index contributed by atoms with van der Waals surface area (Å²) in [6.45, 7) is 2.19. The van der Waals surface area contributed by atoms with Crippen LogP contribution in [0.15, 0.2) is 35.1 Å². The van der Waals surface area contributed by atoms with Crippen LogP contribution in [0.5, 0.6) is 0 Å². The molecule has 2 amide bonds. The number of aromatic nitrogens is 2. The number of nitrogens with one attached hydrogen (secondary N) is 2. The van der Waals surface area contributed by atoms with Crippen LogP contribution in [0.2, 0.25) is 0 Å². The zero-order valence-electron chi connectivity index (χ0n) is 12.6. The van der Waals surface area contributed by atoms with E-state index in [0.717, 1.165) is 12.0 Å². The summed E-state index contributed by atoms with van der Waals surface area (Å²) in [5, 5.41) is 13.5. The quantitative estimate of drug-likeness (QED) is 0.910. The van der Waals surface area contributed by atoms with Crippen molar-refractivity contribution >= 4 is 11.7 Å². The number of benzene rings is 1. The lowest BCUT2D eigenvalue weighted by atomic mass is 9.86. The molecule has 1 aromatic heterocycles. The van der Waals surface area contributed by atoms with Crippen LogP contribution in [-0.2, 0) is 0 Å². The molecular weight excluding hydrogens is 280 g/mol. The van der Waals surface area contributed by atoms with Crippen molar-refractivity contribution < 1.29 is 9.21 Å². The van der Waals surface area contributed by atoms with E-state index in [1.807, 2.05) is 24.3 Å². The minimum Gasteiger partial charge on any atom is -0.423 e. The molecule has 1 saturated carbocycles. The molecule has 1 aliphatic rings. The lowest BCUT2D eigenvalue weighted by molar-refractivity contribution is 0.232. The molecule has 2 atom stereocenters. The maximum atomic E-state index is 12.2.